The van der Waals surface area contributed by atoms with Crippen LogP contribution >= 0.6 is 11.6 Å². The minimum Gasteiger partial charge on any atom is -0.506 e. The number of aromatic hydroxyl groups is 1. The summed E-state index contributed by atoms with van der Waals surface area (Å²) in [6, 6.07) is 7.05. The van der Waals surface area contributed by atoms with Gasteiger partial charge in [0.15, 0.2) is 0 Å². The molecule has 0 unspecified atom stereocenters. The Labute approximate surface area is 133 Å². The number of nitrogens with one attached hydrogen (secondary N) is 1. The topological polar surface area (TPSA) is 136 Å². The van der Waals surface area contributed by atoms with Crippen molar-refractivity contribution >= 4 is 34.6 Å². The number of non-ortho nitro benzene ring substituents is 1. The Hall–Kier alpha value is -3.20. The largest absolute Gasteiger partial charge is 0.506 e. The van der Waals surface area contributed by atoms with Crippen molar-refractivity contribution in [1.29, 1.82) is 0 Å². The molecule has 0 bridgehead atoms. The summed E-state index contributed by atoms with van der Waals surface area (Å²) in [4.78, 5) is 32.4. The highest BCUT2D eigenvalue weighted by atomic mass is 35.5. The van der Waals surface area contributed by atoms with E-state index in [9.17, 15) is 30.1 Å². The number of carbonyl (C=O) groups excluding carboxylic acids is 1. The summed E-state index contributed by atoms with van der Waals surface area (Å²) >= 11 is 5.65. The van der Waals surface area contributed by atoms with E-state index in [0.29, 0.717) is 0 Å². The van der Waals surface area contributed by atoms with Gasteiger partial charge in [0, 0.05) is 18.2 Å². The molecule has 0 fully saturated rings. The Balaban J connectivity index is 2.43. The van der Waals surface area contributed by atoms with Crippen LogP contribution in [0.3, 0.4) is 0 Å². The predicted molar refractivity (Wildman–Crippen MR) is 80.8 cm³/mol. The molecule has 118 valence electrons. The van der Waals surface area contributed by atoms with E-state index >= 15 is 0 Å². The molecule has 10 heteroatoms. The van der Waals surface area contributed by atoms with Crippen LogP contribution in [0.4, 0.5) is 17.1 Å². The SMILES string of the molecule is O=C(Nc1ccccc1[N+](=O)[O-])c1cc([N+](=O)[O-])cc(Cl)c1O. The van der Waals surface area contributed by atoms with Gasteiger partial charge in [-0.15, -0.1) is 0 Å². The van der Waals surface area contributed by atoms with E-state index in [-0.39, 0.29) is 16.4 Å². The Bertz CT molecular complexity index is 823. The second kappa shape index (κ2) is 6.28. The predicted octanol–water partition coefficient (Wildman–Crippen LogP) is 3.11. The van der Waals surface area contributed by atoms with Crippen LogP contribution in [0, 0.1) is 20.2 Å². The van der Waals surface area contributed by atoms with E-state index in [1.165, 1.54) is 24.3 Å². The fourth-order valence-electron chi connectivity index (χ4n) is 1.79. The fraction of sp³-hybridized carbons (Fsp3) is 0. The average Bonchev–Trinajstić information content (AvgIpc) is 2.49. The van der Waals surface area contributed by atoms with Crippen molar-refractivity contribution in [2.75, 3.05) is 5.32 Å². The molecule has 1 amide bonds. The van der Waals surface area contributed by atoms with Crippen LogP contribution in [0.5, 0.6) is 5.75 Å². The maximum Gasteiger partial charge on any atom is 0.292 e. The van der Waals surface area contributed by atoms with Crippen LogP contribution < -0.4 is 5.32 Å². The molecule has 0 saturated carbocycles. The lowest BCUT2D eigenvalue weighted by atomic mass is 10.1. The van der Waals surface area contributed by atoms with Crippen molar-refractivity contribution in [3.8, 4) is 5.75 Å². The second-order valence-electron chi connectivity index (χ2n) is 4.31. The number of nitrogens with zero attached hydrogens (tertiary/aromatic N) is 2. The first-order valence-corrected chi connectivity index (χ1v) is 6.40. The minimum absolute atomic E-state index is 0.121. The van der Waals surface area contributed by atoms with Crippen LogP contribution in [0.15, 0.2) is 36.4 Å². The molecule has 2 aromatic rings. The number of carbonyl (C=O) groups is 1. The maximum absolute atomic E-state index is 12.2. The number of hydrogen-bond donors (Lipinski definition) is 2. The summed E-state index contributed by atoms with van der Waals surface area (Å²) in [7, 11) is 0. The Kier molecular flexibility index (Phi) is 4.42. The molecule has 9 nitrogen and oxygen atoms in total. The van der Waals surface area contributed by atoms with E-state index in [4.69, 9.17) is 11.6 Å². The summed E-state index contributed by atoms with van der Waals surface area (Å²) in [5.41, 5.74) is -1.45. The van der Waals surface area contributed by atoms with E-state index in [2.05, 4.69) is 5.32 Å². The van der Waals surface area contributed by atoms with Gasteiger partial charge in [-0.1, -0.05) is 23.7 Å². The molecule has 0 spiro atoms. The molecule has 0 atom stereocenters. The number of nitro groups is 2. The van der Waals surface area contributed by atoms with E-state index in [0.717, 1.165) is 12.1 Å². The summed E-state index contributed by atoms with van der Waals surface area (Å²) in [6.07, 6.45) is 0. The van der Waals surface area contributed by atoms with Gasteiger partial charge in [0.1, 0.15) is 11.4 Å². The van der Waals surface area contributed by atoms with Crippen LogP contribution in [0.1, 0.15) is 10.4 Å². The number of rotatable bonds is 4. The van der Waals surface area contributed by atoms with Crippen molar-refractivity contribution in [3.05, 3.63) is 67.2 Å². The number of phenols is 1. The molecule has 0 saturated heterocycles. The van der Waals surface area contributed by atoms with Crippen LogP contribution in [-0.2, 0) is 0 Å². The number of nitro benzene ring substituents is 2. The molecule has 0 aliphatic carbocycles. The zero-order valence-corrected chi connectivity index (χ0v) is 12.0. The third-order valence-electron chi connectivity index (χ3n) is 2.85. The van der Waals surface area contributed by atoms with Gasteiger partial charge in [-0.05, 0) is 6.07 Å². The first kappa shape index (κ1) is 16.2. The summed E-state index contributed by atoms with van der Waals surface area (Å²) in [5, 5.41) is 33.3. The summed E-state index contributed by atoms with van der Waals surface area (Å²) in [5.74, 6) is -1.63. The Morgan fingerprint density at radius 2 is 1.78 bits per heavy atom. The lowest BCUT2D eigenvalue weighted by Gasteiger charge is -2.08. The average molecular weight is 338 g/mol. The lowest BCUT2D eigenvalue weighted by Crippen LogP contribution is -2.13. The van der Waals surface area contributed by atoms with Crippen molar-refractivity contribution in [3.63, 3.8) is 0 Å². The van der Waals surface area contributed by atoms with Gasteiger partial charge in [0.25, 0.3) is 17.3 Å². The third kappa shape index (κ3) is 3.35. The van der Waals surface area contributed by atoms with Crippen molar-refractivity contribution in [2.45, 2.75) is 0 Å². The number of halogens is 1. The number of anilines is 1. The molecule has 2 rings (SSSR count). The minimum atomic E-state index is -0.970. The summed E-state index contributed by atoms with van der Waals surface area (Å²) < 4.78 is 0. The fourth-order valence-corrected chi connectivity index (χ4v) is 2.01. The number of hydrogen-bond acceptors (Lipinski definition) is 6. The number of benzene rings is 2. The molecule has 23 heavy (non-hydrogen) atoms. The molecule has 2 N–H and O–H groups in total. The van der Waals surface area contributed by atoms with E-state index in [1.807, 2.05) is 0 Å². The van der Waals surface area contributed by atoms with Gasteiger partial charge in [0.2, 0.25) is 0 Å². The van der Waals surface area contributed by atoms with Crippen molar-refractivity contribution in [1.82, 2.24) is 0 Å². The first-order chi connectivity index (χ1) is 10.8. The van der Waals surface area contributed by atoms with Gasteiger partial charge in [-0.3, -0.25) is 25.0 Å². The molecule has 2 aromatic carbocycles. The highest BCUT2D eigenvalue weighted by Crippen LogP contribution is 2.33. The lowest BCUT2D eigenvalue weighted by molar-refractivity contribution is -0.384. The molecule has 0 heterocycles. The normalized spacial score (nSPS) is 10.1. The Morgan fingerprint density at radius 3 is 2.39 bits per heavy atom. The maximum atomic E-state index is 12.2. The number of amides is 1. The monoisotopic (exact) mass is 337 g/mol. The Morgan fingerprint density at radius 1 is 1.13 bits per heavy atom. The van der Waals surface area contributed by atoms with Crippen molar-refractivity contribution < 1.29 is 19.7 Å². The van der Waals surface area contributed by atoms with Gasteiger partial charge >= 0.3 is 0 Å². The van der Waals surface area contributed by atoms with Gasteiger partial charge in [-0.2, -0.15) is 0 Å². The zero-order chi connectivity index (χ0) is 17.1. The molecule has 0 aliphatic heterocycles. The highest BCUT2D eigenvalue weighted by molar-refractivity contribution is 6.33. The third-order valence-corrected chi connectivity index (χ3v) is 3.14. The first-order valence-electron chi connectivity index (χ1n) is 6.03. The van der Waals surface area contributed by atoms with Crippen LogP contribution in [0.25, 0.3) is 0 Å². The number of phenolic OH excluding ortho intramolecular Hbond substituents is 1. The molecule has 0 radical (unpaired) electrons. The van der Waals surface area contributed by atoms with E-state index < -0.39 is 32.8 Å². The number of para-hydroxylation sites is 2. The summed E-state index contributed by atoms with van der Waals surface area (Å²) in [6.45, 7) is 0. The quantitative estimate of drug-likeness (QED) is 0.649. The van der Waals surface area contributed by atoms with Crippen molar-refractivity contribution in [2.24, 2.45) is 0 Å². The van der Waals surface area contributed by atoms with Crippen LogP contribution in [-0.4, -0.2) is 20.9 Å². The van der Waals surface area contributed by atoms with E-state index in [1.54, 1.807) is 0 Å². The zero-order valence-electron chi connectivity index (χ0n) is 11.2. The van der Waals surface area contributed by atoms with Gasteiger partial charge < -0.3 is 10.4 Å². The molecular formula is C13H8ClN3O6. The van der Waals surface area contributed by atoms with Gasteiger partial charge in [0.05, 0.1) is 20.4 Å². The molecule has 0 aromatic heterocycles. The second-order valence-corrected chi connectivity index (χ2v) is 4.72. The smallest absolute Gasteiger partial charge is 0.292 e. The van der Waals surface area contributed by atoms with Gasteiger partial charge in [-0.25, -0.2) is 0 Å². The van der Waals surface area contributed by atoms with Crippen LogP contribution in [0.2, 0.25) is 5.02 Å². The highest BCUT2D eigenvalue weighted by Gasteiger charge is 2.22. The molecular weight excluding hydrogens is 330 g/mol. The standard InChI is InChI=1S/C13H8ClN3O6/c14-9-6-7(16(20)21)5-8(12(9)18)13(19)15-10-3-1-2-4-11(10)17(22)23/h1-6,18H,(H,15,19). The molecule has 0 aliphatic rings.